The first-order valence-electron chi connectivity index (χ1n) is 10.1. The van der Waals surface area contributed by atoms with Crippen LogP contribution in [-0.4, -0.2) is 38.7 Å². The number of aromatic nitrogens is 2. The number of benzene rings is 1. The molecule has 1 atom stereocenters. The van der Waals surface area contributed by atoms with Crippen LogP contribution in [0.25, 0.3) is 10.9 Å². The van der Waals surface area contributed by atoms with E-state index in [1.54, 1.807) is 0 Å². The summed E-state index contributed by atoms with van der Waals surface area (Å²) in [5.41, 5.74) is 0.756. The summed E-state index contributed by atoms with van der Waals surface area (Å²) in [5.74, 6) is 0.509. The number of likely N-dealkylation sites (tertiary alicyclic amines) is 1. The van der Waals surface area contributed by atoms with E-state index in [-0.39, 0.29) is 17.5 Å². The van der Waals surface area contributed by atoms with Gasteiger partial charge in [0.2, 0.25) is 5.91 Å². The molecule has 0 bridgehead atoms. The fraction of sp³-hybridized carbons (Fsp3) is 0.571. The van der Waals surface area contributed by atoms with Gasteiger partial charge < -0.3 is 4.90 Å². The highest BCUT2D eigenvalue weighted by atomic mass is 32.2. The first-order valence-corrected chi connectivity index (χ1v) is 11.1. The van der Waals surface area contributed by atoms with Gasteiger partial charge in [-0.05, 0) is 51.2 Å². The van der Waals surface area contributed by atoms with Crippen LogP contribution in [-0.2, 0) is 4.79 Å². The molecule has 2 heterocycles. The van der Waals surface area contributed by atoms with Gasteiger partial charge in [-0.25, -0.2) is 4.98 Å². The zero-order chi connectivity index (χ0) is 18.8. The van der Waals surface area contributed by atoms with Gasteiger partial charge in [0, 0.05) is 18.6 Å². The molecule has 0 N–H and O–H groups in total. The average Bonchev–Trinajstić information content (AvgIpc) is 3.21. The Hall–Kier alpha value is -1.82. The molecule has 144 valence electrons. The normalized spacial score (nSPS) is 21.1. The second-order valence-electron chi connectivity index (χ2n) is 7.75. The van der Waals surface area contributed by atoms with Crippen molar-refractivity contribution in [1.82, 2.24) is 14.5 Å². The Kier molecular flexibility index (Phi) is 5.53. The molecule has 0 spiro atoms. The molecule has 2 aromatic rings. The Labute approximate surface area is 164 Å². The minimum absolute atomic E-state index is 0.0359. The molecule has 2 aliphatic rings. The molecule has 2 fully saturated rings. The topological polar surface area (TPSA) is 55.2 Å². The summed E-state index contributed by atoms with van der Waals surface area (Å²) in [4.78, 5) is 32.7. The summed E-state index contributed by atoms with van der Waals surface area (Å²) >= 11 is 1.43. The van der Waals surface area contributed by atoms with Crippen LogP contribution < -0.4 is 5.56 Å². The number of carbonyl (C=O) groups excluding carboxylic acids is 1. The molecule has 1 aromatic carbocycles. The molecular formula is C21H27N3O2S. The lowest BCUT2D eigenvalue weighted by Gasteiger charge is -2.33. The molecule has 1 saturated carbocycles. The maximum atomic E-state index is 13.1. The summed E-state index contributed by atoms with van der Waals surface area (Å²) in [6.07, 6.45) is 7.70. The highest BCUT2D eigenvalue weighted by molar-refractivity contribution is 7.99. The number of carbonyl (C=O) groups is 1. The van der Waals surface area contributed by atoms with E-state index in [1.165, 1.54) is 18.2 Å². The van der Waals surface area contributed by atoms with Crippen LogP contribution in [0.1, 0.15) is 57.9 Å². The maximum Gasteiger partial charge on any atom is 0.262 e. The SMILES string of the molecule is CC1CCCCN1C(=O)CSc1nc2ccccc2c(=O)n1C1CCCC1. The van der Waals surface area contributed by atoms with E-state index >= 15 is 0 Å². The molecule has 4 rings (SSSR count). The standard InChI is InChI=1S/C21H27N3O2S/c1-15-8-6-7-13-23(15)19(25)14-27-21-22-18-12-5-4-11-17(18)20(26)24(21)16-9-2-3-10-16/h4-5,11-12,15-16H,2-3,6-10,13-14H2,1H3. The quantitative estimate of drug-likeness (QED) is 0.589. The summed E-state index contributed by atoms with van der Waals surface area (Å²) in [6.45, 7) is 2.98. The molecule has 1 aliphatic carbocycles. The molecule has 27 heavy (non-hydrogen) atoms. The fourth-order valence-corrected chi connectivity index (χ4v) is 5.34. The number of fused-ring (bicyclic) bond motifs is 1. The summed E-state index contributed by atoms with van der Waals surface area (Å²) in [5, 5.41) is 1.37. The molecule has 5 nitrogen and oxygen atoms in total. The molecule has 1 aromatic heterocycles. The van der Waals surface area contributed by atoms with Crippen LogP contribution in [0.4, 0.5) is 0 Å². The van der Waals surface area contributed by atoms with Gasteiger partial charge in [-0.2, -0.15) is 0 Å². The van der Waals surface area contributed by atoms with Gasteiger partial charge >= 0.3 is 0 Å². The van der Waals surface area contributed by atoms with Crippen LogP contribution in [0.5, 0.6) is 0 Å². The Morgan fingerprint density at radius 3 is 2.67 bits per heavy atom. The van der Waals surface area contributed by atoms with E-state index in [0.717, 1.165) is 50.6 Å². The molecule has 1 aliphatic heterocycles. The predicted octanol–water partition coefficient (Wildman–Crippen LogP) is 4.00. The van der Waals surface area contributed by atoms with E-state index < -0.39 is 0 Å². The van der Waals surface area contributed by atoms with Crippen LogP contribution in [0, 0.1) is 0 Å². The third-order valence-electron chi connectivity index (χ3n) is 5.91. The fourth-order valence-electron chi connectivity index (χ4n) is 4.39. The van der Waals surface area contributed by atoms with E-state index in [1.807, 2.05) is 33.7 Å². The molecule has 1 unspecified atom stereocenters. The summed E-state index contributed by atoms with van der Waals surface area (Å²) in [6, 6.07) is 8.05. The lowest BCUT2D eigenvalue weighted by molar-refractivity contribution is -0.131. The third-order valence-corrected chi connectivity index (χ3v) is 6.85. The van der Waals surface area contributed by atoms with Crippen molar-refractivity contribution in [1.29, 1.82) is 0 Å². The van der Waals surface area contributed by atoms with Crippen molar-refractivity contribution < 1.29 is 4.79 Å². The lowest BCUT2D eigenvalue weighted by Crippen LogP contribution is -2.43. The zero-order valence-electron chi connectivity index (χ0n) is 15.9. The van der Waals surface area contributed by atoms with Gasteiger partial charge in [0.25, 0.3) is 5.56 Å². The van der Waals surface area contributed by atoms with E-state index in [4.69, 9.17) is 4.98 Å². The van der Waals surface area contributed by atoms with E-state index in [2.05, 4.69) is 6.92 Å². The first kappa shape index (κ1) is 18.5. The van der Waals surface area contributed by atoms with E-state index in [0.29, 0.717) is 22.3 Å². The summed E-state index contributed by atoms with van der Waals surface area (Å²) in [7, 11) is 0. The maximum absolute atomic E-state index is 13.1. The highest BCUT2D eigenvalue weighted by Crippen LogP contribution is 2.32. The number of piperidine rings is 1. The lowest BCUT2D eigenvalue weighted by atomic mass is 10.0. The van der Waals surface area contributed by atoms with Gasteiger partial charge in [0.1, 0.15) is 0 Å². The van der Waals surface area contributed by atoms with Crippen molar-refractivity contribution in [3.05, 3.63) is 34.6 Å². The van der Waals surface area contributed by atoms with Crippen LogP contribution in [0.2, 0.25) is 0 Å². The average molecular weight is 386 g/mol. The largest absolute Gasteiger partial charge is 0.339 e. The molecule has 0 radical (unpaired) electrons. The van der Waals surface area contributed by atoms with E-state index in [9.17, 15) is 9.59 Å². The van der Waals surface area contributed by atoms with Gasteiger partial charge in [0.05, 0.1) is 16.7 Å². The van der Waals surface area contributed by atoms with Crippen molar-refractivity contribution in [3.8, 4) is 0 Å². The summed E-state index contributed by atoms with van der Waals surface area (Å²) < 4.78 is 1.87. The third kappa shape index (κ3) is 3.77. The predicted molar refractivity (Wildman–Crippen MR) is 109 cm³/mol. The Morgan fingerprint density at radius 2 is 1.89 bits per heavy atom. The smallest absolute Gasteiger partial charge is 0.262 e. The molecule has 1 amide bonds. The number of hydrogen-bond acceptors (Lipinski definition) is 4. The molecule has 6 heteroatoms. The van der Waals surface area contributed by atoms with Crippen molar-refractivity contribution in [2.75, 3.05) is 12.3 Å². The number of para-hydroxylation sites is 1. The minimum Gasteiger partial charge on any atom is -0.339 e. The van der Waals surface area contributed by atoms with Crippen molar-refractivity contribution in [2.45, 2.75) is 69.1 Å². The Bertz CT molecular complexity index is 889. The zero-order valence-corrected chi connectivity index (χ0v) is 16.7. The van der Waals surface area contributed by atoms with Crippen LogP contribution in [0.15, 0.2) is 34.2 Å². The number of thioether (sulfide) groups is 1. The van der Waals surface area contributed by atoms with Gasteiger partial charge in [0.15, 0.2) is 5.16 Å². The minimum atomic E-state index is 0.0359. The monoisotopic (exact) mass is 385 g/mol. The van der Waals surface area contributed by atoms with Crippen molar-refractivity contribution in [3.63, 3.8) is 0 Å². The van der Waals surface area contributed by atoms with Gasteiger partial charge in [-0.1, -0.05) is 36.7 Å². The van der Waals surface area contributed by atoms with Crippen molar-refractivity contribution >= 4 is 28.6 Å². The van der Waals surface area contributed by atoms with Crippen molar-refractivity contribution in [2.24, 2.45) is 0 Å². The molecular weight excluding hydrogens is 358 g/mol. The number of rotatable bonds is 4. The number of hydrogen-bond donors (Lipinski definition) is 0. The Morgan fingerprint density at radius 1 is 1.15 bits per heavy atom. The second kappa shape index (κ2) is 8.05. The number of amides is 1. The van der Waals surface area contributed by atoms with Crippen LogP contribution >= 0.6 is 11.8 Å². The van der Waals surface area contributed by atoms with Gasteiger partial charge in [-0.15, -0.1) is 0 Å². The second-order valence-corrected chi connectivity index (χ2v) is 8.69. The first-order chi connectivity index (χ1) is 13.1. The number of nitrogens with zero attached hydrogens (tertiary/aromatic N) is 3. The van der Waals surface area contributed by atoms with Gasteiger partial charge in [-0.3, -0.25) is 14.2 Å². The molecule has 1 saturated heterocycles. The van der Waals surface area contributed by atoms with Crippen LogP contribution in [0.3, 0.4) is 0 Å². The Balaban J connectivity index is 1.62. The highest BCUT2D eigenvalue weighted by Gasteiger charge is 2.26.